The van der Waals surface area contributed by atoms with E-state index in [1.807, 2.05) is 22.9 Å². The maximum atomic E-state index is 14.9. The van der Waals surface area contributed by atoms with Crippen LogP contribution in [0.4, 0.5) is 21.7 Å². The van der Waals surface area contributed by atoms with Crippen LogP contribution in [-0.4, -0.2) is 53.3 Å². The Kier molecular flexibility index (Phi) is 6.75. The fourth-order valence-corrected chi connectivity index (χ4v) is 4.38. The molecule has 1 amide bonds. The molecular formula is C23H30FN7O2. The molecule has 176 valence electrons. The summed E-state index contributed by atoms with van der Waals surface area (Å²) in [7, 11) is 3.42. The quantitative estimate of drug-likeness (QED) is 0.477. The van der Waals surface area contributed by atoms with Gasteiger partial charge in [0.1, 0.15) is 11.5 Å². The summed E-state index contributed by atoms with van der Waals surface area (Å²) in [4.78, 5) is 22.9. The minimum Gasteiger partial charge on any atom is -0.383 e. The number of nitrogens with two attached hydrogens (primary N) is 2. The van der Waals surface area contributed by atoms with E-state index in [0.29, 0.717) is 13.2 Å². The van der Waals surface area contributed by atoms with Gasteiger partial charge < -0.3 is 31.0 Å². The standard InChI is InChI=1S/C23H30FN7O2/c1-30(19-7-9-27-22-14(19)8-10-31(22)11-12-33-2)23-15(20(26)32)13-16(24)21(29-23)28-18-6-4-3-5-17(18)25/h7-10,13,17-18H,3-6,11-12,25H2,1-2H3,(H2,26,32)(H,28,29)/t17-,18+/m0/s1. The van der Waals surface area contributed by atoms with Gasteiger partial charge in [-0.15, -0.1) is 0 Å². The van der Waals surface area contributed by atoms with Crippen LogP contribution in [0.2, 0.25) is 0 Å². The molecule has 0 saturated heterocycles. The second-order valence-corrected chi connectivity index (χ2v) is 8.38. The number of aromatic nitrogens is 3. The fraction of sp³-hybridized carbons (Fsp3) is 0.435. The Morgan fingerprint density at radius 1 is 1.36 bits per heavy atom. The van der Waals surface area contributed by atoms with Gasteiger partial charge in [-0.25, -0.2) is 14.4 Å². The van der Waals surface area contributed by atoms with Gasteiger partial charge in [0.15, 0.2) is 11.6 Å². The third-order valence-corrected chi connectivity index (χ3v) is 6.22. The topological polar surface area (TPSA) is 124 Å². The summed E-state index contributed by atoms with van der Waals surface area (Å²) in [5.41, 5.74) is 13.3. The fourth-order valence-electron chi connectivity index (χ4n) is 4.38. The molecule has 0 unspecified atom stereocenters. The molecule has 1 fully saturated rings. The van der Waals surface area contributed by atoms with Crippen molar-refractivity contribution in [1.29, 1.82) is 0 Å². The highest BCUT2D eigenvalue weighted by atomic mass is 19.1. The van der Waals surface area contributed by atoms with Crippen molar-refractivity contribution in [3.05, 3.63) is 42.0 Å². The van der Waals surface area contributed by atoms with E-state index in [0.717, 1.165) is 48.5 Å². The number of anilines is 3. The number of rotatable bonds is 8. The Labute approximate surface area is 191 Å². The molecule has 0 bridgehead atoms. The van der Waals surface area contributed by atoms with Crippen molar-refractivity contribution < 1.29 is 13.9 Å². The Morgan fingerprint density at radius 3 is 2.88 bits per heavy atom. The van der Waals surface area contributed by atoms with Gasteiger partial charge in [0.05, 0.1) is 17.9 Å². The Bertz CT molecular complexity index is 1150. The number of amides is 1. The molecule has 3 aromatic heterocycles. The first kappa shape index (κ1) is 22.9. The van der Waals surface area contributed by atoms with E-state index in [4.69, 9.17) is 16.2 Å². The molecule has 9 nitrogen and oxygen atoms in total. The third kappa shape index (κ3) is 4.62. The van der Waals surface area contributed by atoms with Crippen LogP contribution in [0.1, 0.15) is 36.0 Å². The molecule has 0 spiro atoms. The predicted octanol–water partition coefficient (Wildman–Crippen LogP) is 2.77. The van der Waals surface area contributed by atoms with Gasteiger partial charge in [0, 0.05) is 50.6 Å². The van der Waals surface area contributed by atoms with Gasteiger partial charge >= 0.3 is 0 Å². The highest BCUT2D eigenvalue weighted by molar-refractivity contribution is 6.01. The SMILES string of the molecule is COCCn1ccc2c(N(C)c3nc(N[C@@H]4CCCC[C@@H]4N)c(F)cc3C(N)=O)ccnc21. The Balaban J connectivity index is 1.74. The number of hydrogen-bond donors (Lipinski definition) is 3. The van der Waals surface area contributed by atoms with Gasteiger partial charge in [-0.3, -0.25) is 4.79 Å². The molecule has 3 heterocycles. The van der Waals surface area contributed by atoms with E-state index in [-0.39, 0.29) is 29.3 Å². The van der Waals surface area contributed by atoms with Gasteiger partial charge in [-0.2, -0.15) is 0 Å². The molecular weight excluding hydrogens is 425 g/mol. The molecule has 1 aliphatic carbocycles. The lowest BCUT2D eigenvalue weighted by Crippen LogP contribution is -2.43. The number of nitrogens with zero attached hydrogens (tertiary/aromatic N) is 4. The number of halogens is 1. The van der Waals surface area contributed by atoms with Gasteiger partial charge in [0.25, 0.3) is 5.91 Å². The van der Waals surface area contributed by atoms with Crippen molar-refractivity contribution in [3.63, 3.8) is 0 Å². The molecule has 0 aromatic carbocycles. The summed E-state index contributed by atoms with van der Waals surface area (Å²) in [6, 6.07) is 4.74. The van der Waals surface area contributed by atoms with Crippen molar-refractivity contribution in [1.82, 2.24) is 14.5 Å². The minimum atomic E-state index is -0.757. The molecule has 1 saturated carbocycles. The molecule has 2 atom stereocenters. The van der Waals surface area contributed by atoms with E-state index in [2.05, 4.69) is 15.3 Å². The average molecular weight is 456 g/mol. The van der Waals surface area contributed by atoms with E-state index >= 15 is 0 Å². The lowest BCUT2D eigenvalue weighted by molar-refractivity contribution is 0.1000. The minimum absolute atomic E-state index is 0.00253. The zero-order valence-electron chi connectivity index (χ0n) is 18.9. The maximum Gasteiger partial charge on any atom is 0.252 e. The van der Waals surface area contributed by atoms with Crippen LogP contribution in [0.15, 0.2) is 30.6 Å². The normalized spacial score (nSPS) is 18.4. The Morgan fingerprint density at radius 2 is 2.15 bits per heavy atom. The summed E-state index contributed by atoms with van der Waals surface area (Å²) >= 11 is 0. The largest absolute Gasteiger partial charge is 0.383 e. The smallest absolute Gasteiger partial charge is 0.252 e. The lowest BCUT2D eigenvalue weighted by Gasteiger charge is -2.30. The van der Waals surface area contributed by atoms with Crippen LogP contribution >= 0.6 is 0 Å². The highest BCUT2D eigenvalue weighted by Crippen LogP contribution is 2.33. The van der Waals surface area contributed by atoms with Crippen molar-refractivity contribution in [2.24, 2.45) is 11.5 Å². The molecule has 1 aliphatic rings. The summed E-state index contributed by atoms with van der Waals surface area (Å²) in [6.45, 7) is 1.20. The predicted molar refractivity (Wildman–Crippen MR) is 126 cm³/mol. The summed E-state index contributed by atoms with van der Waals surface area (Å²) in [6.07, 6.45) is 7.41. The second kappa shape index (κ2) is 9.72. The summed E-state index contributed by atoms with van der Waals surface area (Å²) < 4.78 is 22.1. The first-order chi connectivity index (χ1) is 15.9. The molecule has 10 heteroatoms. The van der Waals surface area contributed by atoms with Crippen molar-refractivity contribution in [2.75, 3.05) is 31.0 Å². The van der Waals surface area contributed by atoms with Gasteiger partial charge in [-0.05, 0) is 31.0 Å². The monoisotopic (exact) mass is 455 g/mol. The van der Waals surface area contributed by atoms with Crippen LogP contribution in [0, 0.1) is 5.82 Å². The number of pyridine rings is 2. The van der Waals surface area contributed by atoms with Crippen LogP contribution in [0.5, 0.6) is 0 Å². The second-order valence-electron chi connectivity index (χ2n) is 8.38. The maximum absolute atomic E-state index is 14.9. The van der Waals surface area contributed by atoms with E-state index < -0.39 is 11.7 Å². The van der Waals surface area contributed by atoms with Crippen molar-refractivity contribution in [2.45, 2.75) is 44.3 Å². The number of fused-ring (bicyclic) bond motifs is 1. The van der Waals surface area contributed by atoms with Crippen LogP contribution in [-0.2, 0) is 11.3 Å². The molecule has 0 aliphatic heterocycles. The molecule has 4 rings (SSSR count). The molecule has 0 radical (unpaired) electrons. The summed E-state index contributed by atoms with van der Waals surface area (Å²) in [5.74, 6) is -1.07. The molecule has 5 N–H and O–H groups in total. The first-order valence-corrected chi connectivity index (χ1v) is 11.1. The number of carbonyl (C=O) groups is 1. The number of nitrogens with one attached hydrogen (secondary N) is 1. The molecule has 33 heavy (non-hydrogen) atoms. The van der Waals surface area contributed by atoms with Crippen LogP contribution < -0.4 is 21.7 Å². The number of primary amides is 1. The van der Waals surface area contributed by atoms with Crippen molar-refractivity contribution >= 4 is 34.3 Å². The number of hydrogen-bond acceptors (Lipinski definition) is 7. The lowest BCUT2D eigenvalue weighted by atomic mass is 9.91. The average Bonchev–Trinajstić information content (AvgIpc) is 3.22. The van der Waals surface area contributed by atoms with E-state index in [1.54, 1.807) is 25.3 Å². The number of ether oxygens (including phenoxy) is 1. The van der Waals surface area contributed by atoms with Crippen LogP contribution in [0.3, 0.4) is 0 Å². The number of carbonyl (C=O) groups excluding carboxylic acids is 1. The van der Waals surface area contributed by atoms with E-state index in [9.17, 15) is 9.18 Å². The van der Waals surface area contributed by atoms with Crippen molar-refractivity contribution in [3.8, 4) is 0 Å². The van der Waals surface area contributed by atoms with E-state index in [1.165, 1.54) is 0 Å². The van der Waals surface area contributed by atoms with Crippen LogP contribution in [0.25, 0.3) is 11.0 Å². The summed E-state index contributed by atoms with van der Waals surface area (Å²) in [5, 5.41) is 4.02. The zero-order valence-corrected chi connectivity index (χ0v) is 18.9. The molecule has 3 aromatic rings. The first-order valence-electron chi connectivity index (χ1n) is 11.1. The zero-order chi connectivity index (χ0) is 23.5. The Hall–Kier alpha value is -3.24. The van der Waals surface area contributed by atoms with Gasteiger partial charge in [0.2, 0.25) is 0 Å². The number of methoxy groups -OCH3 is 1. The highest BCUT2D eigenvalue weighted by Gasteiger charge is 2.26. The van der Waals surface area contributed by atoms with Gasteiger partial charge in [-0.1, -0.05) is 12.8 Å². The third-order valence-electron chi connectivity index (χ3n) is 6.22.